The van der Waals surface area contributed by atoms with Gasteiger partial charge in [-0.05, 0) is 25.3 Å². The largest absolute Gasteiger partial charge is 0.355 e. The van der Waals surface area contributed by atoms with Gasteiger partial charge < -0.3 is 16.4 Å². The molecule has 1 saturated heterocycles. The average Bonchev–Trinajstić information content (AvgIpc) is 2.42. The number of halogens is 1. The zero-order valence-electron chi connectivity index (χ0n) is 13.1. The minimum Gasteiger partial charge on any atom is -0.355 e. The first-order chi connectivity index (χ1) is 9.52. The molecule has 124 valence electrons. The lowest BCUT2D eigenvalue weighted by molar-refractivity contribution is -0.128. The number of nitrogens with two attached hydrogens (primary N) is 1. The summed E-state index contributed by atoms with van der Waals surface area (Å²) in [5.41, 5.74) is 5.38. The van der Waals surface area contributed by atoms with Crippen molar-refractivity contribution in [2.45, 2.75) is 26.7 Å². The summed E-state index contributed by atoms with van der Waals surface area (Å²) in [4.78, 5) is 25.8. The quantitative estimate of drug-likeness (QED) is 0.614. The molecule has 0 bridgehead atoms. The summed E-state index contributed by atoms with van der Waals surface area (Å²) in [5, 5.41) is 5.73. The van der Waals surface area contributed by atoms with E-state index in [2.05, 4.69) is 29.4 Å². The summed E-state index contributed by atoms with van der Waals surface area (Å²) in [6.45, 7) is 7.74. The number of carbonyl (C=O) groups excluding carboxylic acids is 2. The zero-order valence-corrected chi connectivity index (χ0v) is 13.9. The highest BCUT2D eigenvalue weighted by Crippen LogP contribution is 2.16. The molecule has 1 rings (SSSR count). The Kier molecular flexibility index (Phi) is 10.4. The van der Waals surface area contributed by atoms with Crippen LogP contribution in [0.4, 0.5) is 0 Å². The van der Waals surface area contributed by atoms with Crippen LogP contribution in [0.5, 0.6) is 0 Å². The minimum absolute atomic E-state index is 0. The lowest BCUT2D eigenvalue weighted by Crippen LogP contribution is -2.47. The molecule has 0 aliphatic carbocycles. The van der Waals surface area contributed by atoms with Crippen molar-refractivity contribution in [2.24, 2.45) is 17.6 Å². The average molecular weight is 321 g/mol. The Morgan fingerprint density at radius 3 is 2.67 bits per heavy atom. The summed E-state index contributed by atoms with van der Waals surface area (Å²) in [5.74, 6) is 0.535. The van der Waals surface area contributed by atoms with E-state index in [9.17, 15) is 9.59 Å². The van der Waals surface area contributed by atoms with E-state index >= 15 is 0 Å². The zero-order chi connectivity index (χ0) is 15.0. The van der Waals surface area contributed by atoms with Crippen molar-refractivity contribution < 1.29 is 9.59 Å². The Balaban J connectivity index is 0.00000400. The fraction of sp³-hybridized carbons (Fsp3) is 0.857. The highest BCUT2D eigenvalue weighted by molar-refractivity contribution is 5.85. The maximum Gasteiger partial charge on any atom is 0.234 e. The Bertz CT molecular complexity index is 326. The van der Waals surface area contributed by atoms with E-state index in [1.165, 1.54) is 0 Å². The van der Waals surface area contributed by atoms with Gasteiger partial charge >= 0.3 is 0 Å². The second kappa shape index (κ2) is 10.8. The Morgan fingerprint density at radius 2 is 2.05 bits per heavy atom. The highest BCUT2D eigenvalue weighted by atomic mass is 35.5. The maximum atomic E-state index is 11.9. The van der Waals surface area contributed by atoms with Gasteiger partial charge in [0.05, 0.1) is 12.5 Å². The number of likely N-dealkylation sites (tertiary alicyclic amines) is 1. The van der Waals surface area contributed by atoms with Crippen molar-refractivity contribution in [3.8, 4) is 0 Å². The molecule has 1 atom stereocenters. The van der Waals surface area contributed by atoms with Gasteiger partial charge in [0.2, 0.25) is 11.8 Å². The standard InChI is InChI=1S/C14H28N4O2.ClH/c1-11(2)8-17-13(19)10-18-7-3-4-12(9-18)14(20)16-6-5-15;/h11-12H,3-10,15H2,1-2H3,(H,16,20)(H,17,19);1H. The number of hydrogen-bond acceptors (Lipinski definition) is 4. The van der Waals surface area contributed by atoms with Crippen LogP contribution in [0.1, 0.15) is 26.7 Å². The molecule has 0 radical (unpaired) electrons. The monoisotopic (exact) mass is 320 g/mol. The second-order valence-corrected chi connectivity index (χ2v) is 5.85. The van der Waals surface area contributed by atoms with E-state index in [0.29, 0.717) is 38.6 Å². The van der Waals surface area contributed by atoms with Crippen molar-refractivity contribution in [3.63, 3.8) is 0 Å². The third-order valence-electron chi connectivity index (χ3n) is 3.39. The van der Waals surface area contributed by atoms with E-state index in [0.717, 1.165) is 19.4 Å². The number of rotatable bonds is 7. The Morgan fingerprint density at radius 1 is 1.33 bits per heavy atom. The molecule has 0 aromatic heterocycles. The fourth-order valence-corrected chi connectivity index (χ4v) is 2.33. The summed E-state index contributed by atoms with van der Waals surface area (Å²) in [6, 6.07) is 0. The molecule has 0 aromatic rings. The van der Waals surface area contributed by atoms with Crippen molar-refractivity contribution in [1.29, 1.82) is 0 Å². The summed E-state index contributed by atoms with van der Waals surface area (Å²) >= 11 is 0. The van der Waals surface area contributed by atoms with Crippen LogP contribution < -0.4 is 16.4 Å². The second-order valence-electron chi connectivity index (χ2n) is 5.85. The first-order valence-corrected chi connectivity index (χ1v) is 7.49. The van der Waals surface area contributed by atoms with Gasteiger partial charge in [0, 0.05) is 26.2 Å². The smallest absolute Gasteiger partial charge is 0.234 e. The first kappa shape index (κ1) is 20.1. The molecule has 4 N–H and O–H groups in total. The van der Waals surface area contributed by atoms with E-state index in [1.54, 1.807) is 0 Å². The molecule has 0 saturated carbocycles. The van der Waals surface area contributed by atoms with E-state index in [4.69, 9.17) is 5.73 Å². The van der Waals surface area contributed by atoms with E-state index < -0.39 is 0 Å². The highest BCUT2D eigenvalue weighted by Gasteiger charge is 2.26. The molecule has 2 amide bonds. The van der Waals surface area contributed by atoms with Crippen molar-refractivity contribution in [3.05, 3.63) is 0 Å². The molecule has 1 aliphatic heterocycles. The van der Waals surface area contributed by atoms with Gasteiger partial charge in [0.25, 0.3) is 0 Å². The Labute approximate surface area is 133 Å². The van der Waals surface area contributed by atoms with Crippen LogP contribution in [0, 0.1) is 11.8 Å². The molecule has 1 fully saturated rings. The first-order valence-electron chi connectivity index (χ1n) is 7.49. The van der Waals surface area contributed by atoms with Gasteiger partial charge in [0.1, 0.15) is 0 Å². The molecule has 1 unspecified atom stereocenters. The van der Waals surface area contributed by atoms with E-state index in [1.807, 2.05) is 0 Å². The normalized spacial score (nSPS) is 19.0. The molecule has 0 aromatic carbocycles. The summed E-state index contributed by atoms with van der Waals surface area (Å²) in [6.07, 6.45) is 1.85. The topological polar surface area (TPSA) is 87.5 Å². The van der Waals surface area contributed by atoms with Gasteiger partial charge in [-0.15, -0.1) is 12.4 Å². The van der Waals surface area contributed by atoms with Gasteiger partial charge in [-0.2, -0.15) is 0 Å². The number of amides is 2. The SMILES string of the molecule is CC(C)CNC(=O)CN1CCCC(C(=O)NCCN)C1.Cl. The number of carbonyl (C=O) groups is 2. The summed E-state index contributed by atoms with van der Waals surface area (Å²) < 4.78 is 0. The molecule has 6 nitrogen and oxygen atoms in total. The fourth-order valence-electron chi connectivity index (χ4n) is 2.33. The lowest BCUT2D eigenvalue weighted by Gasteiger charge is -2.31. The van der Waals surface area contributed by atoms with Crippen molar-refractivity contribution in [2.75, 3.05) is 39.3 Å². The van der Waals surface area contributed by atoms with Gasteiger partial charge in [-0.25, -0.2) is 0 Å². The maximum absolute atomic E-state index is 11.9. The summed E-state index contributed by atoms with van der Waals surface area (Å²) in [7, 11) is 0. The third-order valence-corrected chi connectivity index (χ3v) is 3.39. The Hall–Kier alpha value is -0.850. The van der Waals surface area contributed by atoms with Crippen LogP contribution in [0.3, 0.4) is 0 Å². The molecule has 21 heavy (non-hydrogen) atoms. The molecular weight excluding hydrogens is 292 g/mol. The van der Waals surface area contributed by atoms with Crippen molar-refractivity contribution >= 4 is 24.2 Å². The predicted molar refractivity (Wildman–Crippen MR) is 86.3 cm³/mol. The van der Waals surface area contributed by atoms with Gasteiger partial charge in [-0.1, -0.05) is 13.8 Å². The molecule has 1 heterocycles. The van der Waals surface area contributed by atoms with Crippen LogP contribution >= 0.6 is 12.4 Å². The van der Waals surface area contributed by atoms with Gasteiger partial charge in [0.15, 0.2) is 0 Å². The van der Waals surface area contributed by atoms with Crippen LogP contribution in [0.25, 0.3) is 0 Å². The minimum atomic E-state index is -0.0202. The van der Waals surface area contributed by atoms with Gasteiger partial charge in [-0.3, -0.25) is 14.5 Å². The molecule has 0 spiro atoms. The number of nitrogens with one attached hydrogen (secondary N) is 2. The van der Waals surface area contributed by atoms with Crippen molar-refractivity contribution in [1.82, 2.24) is 15.5 Å². The third kappa shape index (κ3) is 8.24. The van der Waals surface area contributed by atoms with Crippen LogP contribution in [0.2, 0.25) is 0 Å². The number of nitrogens with zero attached hydrogens (tertiary/aromatic N) is 1. The molecule has 1 aliphatic rings. The molecular formula is C14H29ClN4O2. The van der Waals surface area contributed by atoms with Crippen LogP contribution in [0.15, 0.2) is 0 Å². The molecule has 7 heteroatoms. The predicted octanol–water partition coefficient (Wildman–Crippen LogP) is -0.0327. The number of piperidine rings is 1. The van der Waals surface area contributed by atoms with Crippen LogP contribution in [-0.4, -0.2) is 56.0 Å². The number of hydrogen-bond donors (Lipinski definition) is 3. The van der Waals surface area contributed by atoms with E-state index in [-0.39, 0.29) is 30.1 Å². The lowest BCUT2D eigenvalue weighted by atomic mass is 9.97. The van der Waals surface area contributed by atoms with Crippen LogP contribution in [-0.2, 0) is 9.59 Å².